The molecular weight excluding hydrogens is 398 g/mol. The molecule has 156 valence electrons. The van der Waals surface area contributed by atoms with Gasteiger partial charge < -0.3 is 24.3 Å². The molecular formula is C21H24ClNO6. The average Bonchev–Trinajstić information content (AvgIpc) is 2.71. The lowest BCUT2D eigenvalue weighted by Crippen LogP contribution is -2.35. The molecule has 0 aliphatic heterocycles. The van der Waals surface area contributed by atoms with Gasteiger partial charge >= 0.3 is 5.97 Å². The number of ether oxygens (including phenoxy) is 4. The molecule has 0 aliphatic rings. The van der Waals surface area contributed by atoms with Gasteiger partial charge in [-0.25, -0.2) is 0 Å². The van der Waals surface area contributed by atoms with Crippen LogP contribution in [0.25, 0.3) is 0 Å². The first-order valence-electron chi connectivity index (χ1n) is 8.88. The molecule has 0 fully saturated rings. The van der Waals surface area contributed by atoms with Crippen LogP contribution in [0.3, 0.4) is 0 Å². The van der Waals surface area contributed by atoms with E-state index in [1.807, 2.05) is 6.07 Å². The number of esters is 1. The van der Waals surface area contributed by atoms with Crippen molar-refractivity contribution in [2.45, 2.75) is 26.0 Å². The van der Waals surface area contributed by atoms with Gasteiger partial charge in [0.15, 0.2) is 17.6 Å². The summed E-state index contributed by atoms with van der Waals surface area (Å²) in [5.41, 5.74) is 1.40. The summed E-state index contributed by atoms with van der Waals surface area (Å²) < 4.78 is 20.9. The number of carbonyl (C=O) groups is 2. The van der Waals surface area contributed by atoms with Crippen LogP contribution >= 0.6 is 11.6 Å². The van der Waals surface area contributed by atoms with Crippen LogP contribution in [0.4, 0.5) is 0 Å². The van der Waals surface area contributed by atoms with E-state index in [0.29, 0.717) is 27.8 Å². The maximum atomic E-state index is 12.3. The summed E-state index contributed by atoms with van der Waals surface area (Å²) in [6, 6.07) is 10.3. The third-order valence-electron chi connectivity index (χ3n) is 4.17. The van der Waals surface area contributed by atoms with E-state index in [4.69, 9.17) is 30.5 Å². The molecule has 0 spiro atoms. The maximum absolute atomic E-state index is 12.3. The van der Waals surface area contributed by atoms with E-state index < -0.39 is 18.0 Å². The maximum Gasteiger partial charge on any atom is 0.311 e. The van der Waals surface area contributed by atoms with Crippen LogP contribution in [0.1, 0.15) is 18.1 Å². The van der Waals surface area contributed by atoms with E-state index >= 15 is 0 Å². The molecule has 1 N–H and O–H groups in total. The average molecular weight is 422 g/mol. The Kier molecular flexibility index (Phi) is 8.15. The number of amides is 1. The molecule has 0 aromatic heterocycles. The summed E-state index contributed by atoms with van der Waals surface area (Å²) >= 11 is 5.96. The molecule has 2 aromatic carbocycles. The van der Waals surface area contributed by atoms with Gasteiger partial charge in [0, 0.05) is 17.1 Å². The Labute approximate surface area is 174 Å². The van der Waals surface area contributed by atoms with Gasteiger partial charge in [0.1, 0.15) is 5.75 Å². The van der Waals surface area contributed by atoms with Crippen molar-refractivity contribution in [1.29, 1.82) is 0 Å². The lowest BCUT2D eigenvalue weighted by molar-refractivity contribution is -0.154. The van der Waals surface area contributed by atoms with Crippen molar-refractivity contribution < 1.29 is 28.5 Å². The fourth-order valence-corrected chi connectivity index (χ4v) is 2.85. The first-order valence-corrected chi connectivity index (χ1v) is 9.26. The number of hydrogen-bond donors (Lipinski definition) is 1. The number of nitrogens with one attached hydrogen (secondary N) is 1. The van der Waals surface area contributed by atoms with Gasteiger partial charge in [-0.05, 0) is 42.8 Å². The second kappa shape index (κ2) is 10.6. The number of hydrogen-bond acceptors (Lipinski definition) is 6. The van der Waals surface area contributed by atoms with E-state index in [1.165, 1.54) is 21.1 Å². The van der Waals surface area contributed by atoms with Crippen molar-refractivity contribution in [2.75, 3.05) is 21.3 Å². The zero-order valence-electron chi connectivity index (χ0n) is 16.8. The molecule has 29 heavy (non-hydrogen) atoms. The minimum Gasteiger partial charge on any atom is -0.496 e. The van der Waals surface area contributed by atoms with Crippen LogP contribution < -0.4 is 19.5 Å². The normalized spacial score (nSPS) is 11.3. The smallest absolute Gasteiger partial charge is 0.311 e. The zero-order chi connectivity index (χ0) is 21.4. The Morgan fingerprint density at radius 3 is 2.28 bits per heavy atom. The van der Waals surface area contributed by atoms with Crippen molar-refractivity contribution in [3.05, 3.63) is 52.5 Å². The first kappa shape index (κ1) is 22.4. The van der Waals surface area contributed by atoms with Crippen molar-refractivity contribution >= 4 is 23.5 Å². The zero-order valence-corrected chi connectivity index (χ0v) is 17.5. The van der Waals surface area contributed by atoms with E-state index in [0.717, 1.165) is 5.56 Å². The highest BCUT2D eigenvalue weighted by Gasteiger charge is 2.19. The van der Waals surface area contributed by atoms with Crippen molar-refractivity contribution in [2.24, 2.45) is 0 Å². The monoisotopic (exact) mass is 421 g/mol. The number of halogens is 1. The summed E-state index contributed by atoms with van der Waals surface area (Å²) in [6.45, 7) is 1.76. The molecule has 8 heteroatoms. The van der Waals surface area contributed by atoms with Gasteiger partial charge in [-0.3, -0.25) is 9.59 Å². The molecule has 0 unspecified atom stereocenters. The summed E-state index contributed by atoms with van der Waals surface area (Å²) in [6.07, 6.45) is -1.01. The standard InChI is InChI=1S/C21H24ClNO6/c1-13(29-20(24)11-15-10-16(22)6-8-17(15)26-2)21(25)23-12-14-5-7-18(27-3)19(9-14)28-4/h5-10,13H,11-12H2,1-4H3,(H,23,25)/t13-/m1/s1. The predicted octanol–water partition coefficient (Wildman–Crippen LogP) is 3.16. The van der Waals surface area contributed by atoms with E-state index in [-0.39, 0.29) is 13.0 Å². The summed E-state index contributed by atoms with van der Waals surface area (Å²) in [7, 11) is 4.59. The first-order chi connectivity index (χ1) is 13.9. The minimum absolute atomic E-state index is 0.0585. The lowest BCUT2D eigenvalue weighted by atomic mass is 10.1. The van der Waals surface area contributed by atoms with Gasteiger partial charge in [-0.2, -0.15) is 0 Å². The van der Waals surface area contributed by atoms with Crippen LogP contribution in [-0.2, 0) is 27.3 Å². The molecule has 0 saturated carbocycles. The molecule has 0 saturated heterocycles. The molecule has 0 radical (unpaired) electrons. The second-order valence-corrected chi connectivity index (χ2v) is 6.61. The highest BCUT2D eigenvalue weighted by molar-refractivity contribution is 6.30. The molecule has 0 bridgehead atoms. The SMILES string of the molecule is COc1ccc(Cl)cc1CC(=O)O[C@H](C)C(=O)NCc1ccc(OC)c(OC)c1. The fourth-order valence-electron chi connectivity index (χ4n) is 2.66. The Balaban J connectivity index is 1.90. The molecule has 1 amide bonds. The third-order valence-corrected chi connectivity index (χ3v) is 4.40. The van der Waals surface area contributed by atoms with Gasteiger partial charge in [0.05, 0.1) is 27.8 Å². The summed E-state index contributed by atoms with van der Waals surface area (Å²) in [4.78, 5) is 24.5. The molecule has 0 aliphatic carbocycles. The molecule has 2 aromatic rings. The Morgan fingerprint density at radius 1 is 0.966 bits per heavy atom. The Hall–Kier alpha value is -2.93. The van der Waals surface area contributed by atoms with E-state index in [2.05, 4.69) is 5.32 Å². The van der Waals surface area contributed by atoms with Crippen molar-refractivity contribution in [1.82, 2.24) is 5.32 Å². The number of rotatable bonds is 9. The van der Waals surface area contributed by atoms with Crippen molar-refractivity contribution in [3.8, 4) is 17.2 Å². The minimum atomic E-state index is -0.951. The topological polar surface area (TPSA) is 83.1 Å². The predicted molar refractivity (Wildman–Crippen MR) is 109 cm³/mol. The number of carbonyl (C=O) groups excluding carboxylic acids is 2. The van der Waals surface area contributed by atoms with Crippen LogP contribution in [0.2, 0.25) is 5.02 Å². The Morgan fingerprint density at radius 2 is 1.62 bits per heavy atom. The van der Waals surface area contributed by atoms with Gasteiger partial charge in [-0.1, -0.05) is 17.7 Å². The summed E-state index contributed by atoms with van der Waals surface area (Å²) in [5.74, 6) is 0.720. The fraction of sp³-hybridized carbons (Fsp3) is 0.333. The highest BCUT2D eigenvalue weighted by atomic mass is 35.5. The van der Waals surface area contributed by atoms with E-state index in [9.17, 15) is 9.59 Å². The van der Waals surface area contributed by atoms with E-state index in [1.54, 1.807) is 37.4 Å². The number of methoxy groups -OCH3 is 3. The quantitative estimate of drug-likeness (QED) is 0.626. The van der Waals surface area contributed by atoms with Crippen LogP contribution in [-0.4, -0.2) is 39.3 Å². The molecule has 1 atom stereocenters. The largest absolute Gasteiger partial charge is 0.496 e. The van der Waals surface area contributed by atoms with Gasteiger partial charge in [0.25, 0.3) is 5.91 Å². The number of benzene rings is 2. The van der Waals surface area contributed by atoms with Crippen LogP contribution in [0.15, 0.2) is 36.4 Å². The summed E-state index contributed by atoms with van der Waals surface area (Å²) in [5, 5.41) is 3.21. The molecule has 7 nitrogen and oxygen atoms in total. The van der Waals surface area contributed by atoms with Gasteiger partial charge in [-0.15, -0.1) is 0 Å². The van der Waals surface area contributed by atoms with Crippen molar-refractivity contribution in [3.63, 3.8) is 0 Å². The Bertz CT molecular complexity index is 870. The molecule has 2 rings (SSSR count). The van der Waals surface area contributed by atoms with Crippen LogP contribution in [0, 0.1) is 0 Å². The highest BCUT2D eigenvalue weighted by Crippen LogP contribution is 2.27. The third kappa shape index (κ3) is 6.29. The van der Waals surface area contributed by atoms with Crippen LogP contribution in [0.5, 0.6) is 17.2 Å². The second-order valence-electron chi connectivity index (χ2n) is 6.17. The van der Waals surface area contributed by atoms with Gasteiger partial charge in [0.2, 0.25) is 0 Å². The molecule has 0 heterocycles. The lowest BCUT2D eigenvalue weighted by Gasteiger charge is -2.15.